The van der Waals surface area contributed by atoms with E-state index in [1.165, 1.54) is 38.5 Å². The van der Waals surface area contributed by atoms with E-state index in [0.29, 0.717) is 28.9 Å². The first-order valence-electron chi connectivity index (χ1n) is 10.3. The standard InChI is InChI=1S/C22H30O3/c1-19-15-11-14-7-10-20(19)8-3-5-13(20)6-4-9-21(14,19)22(24)17(25-2)12-16(23)18(15)22/h4,6,12-15,17-18,23-24H,3,5,7-11H2,1-2H3. The maximum Gasteiger partial charge on any atom is 0.111 e. The summed E-state index contributed by atoms with van der Waals surface area (Å²) in [5, 5.41) is 23.1. The second-order valence-electron chi connectivity index (χ2n) is 10.1. The van der Waals surface area contributed by atoms with Gasteiger partial charge in [0, 0.05) is 12.5 Å². The fourth-order valence-electron chi connectivity index (χ4n) is 9.96. The maximum absolute atomic E-state index is 12.3. The lowest BCUT2D eigenvalue weighted by molar-refractivity contribution is -0.227. The SMILES string of the molecule is COC1C=C(O)C2C3CC4CCC56CCCC5C=CCC4(C12O)C36C. The quantitative estimate of drug-likeness (QED) is 0.709. The molecule has 6 aliphatic carbocycles. The van der Waals surface area contributed by atoms with Gasteiger partial charge in [-0.25, -0.2) is 0 Å². The zero-order valence-corrected chi connectivity index (χ0v) is 15.4. The van der Waals surface area contributed by atoms with Gasteiger partial charge < -0.3 is 14.9 Å². The molecule has 0 aromatic carbocycles. The molecule has 0 saturated heterocycles. The highest BCUT2D eigenvalue weighted by molar-refractivity contribution is 5.43. The lowest BCUT2D eigenvalue weighted by Crippen LogP contribution is -2.65. The Bertz CT molecular complexity index is 712. The Hall–Kier alpha value is -0.800. The molecule has 136 valence electrons. The molecule has 25 heavy (non-hydrogen) atoms. The molecule has 2 N–H and O–H groups in total. The van der Waals surface area contributed by atoms with Gasteiger partial charge in [-0.3, -0.25) is 0 Å². The fraction of sp³-hybridized carbons (Fsp3) is 0.818. The van der Waals surface area contributed by atoms with E-state index in [2.05, 4.69) is 19.1 Å². The van der Waals surface area contributed by atoms with Crippen molar-refractivity contribution in [3.8, 4) is 0 Å². The zero-order valence-electron chi connectivity index (χ0n) is 15.4. The summed E-state index contributed by atoms with van der Waals surface area (Å²) in [7, 11) is 1.69. The van der Waals surface area contributed by atoms with Crippen LogP contribution in [0.25, 0.3) is 0 Å². The van der Waals surface area contributed by atoms with Crippen LogP contribution in [0.5, 0.6) is 0 Å². The largest absolute Gasteiger partial charge is 0.512 e. The molecule has 3 heteroatoms. The van der Waals surface area contributed by atoms with Crippen LogP contribution < -0.4 is 0 Å². The van der Waals surface area contributed by atoms with Crippen LogP contribution >= 0.6 is 0 Å². The summed E-state index contributed by atoms with van der Waals surface area (Å²) in [5.74, 6) is 1.90. The molecule has 4 fully saturated rings. The van der Waals surface area contributed by atoms with Crippen LogP contribution in [0.1, 0.15) is 51.9 Å². The lowest BCUT2D eigenvalue weighted by atomic mass is 9.42. The number of methoxy groups -OCH3 is 1. The van der Waals surface area contributed by atoms with Crippen molar-refractivity contribution in [1.82, 2.24) is 0 Å². The molecule has 3 nitrogen and oxygen atoms in total. The molecule has 9 atom stereocenters. The number of hydrogen-bond donors (Lipinski definition) is 2. The molecule has 0 aliphatic heterocycles. The van der Waals surface area contributed by atoms with Crippen LogP contribution in [0.3, 0.4) is 0 Å². The third-order valence-electron chi connectivity index (χ3n) is 10.5. The van der Waals surface area contributed by atoms with Gasteiger partial charge in [0.2, 0.25) is 0 Å². The Morgan fingerprint density at radius 1 is 1.24 bits per heavy atom. The maximum atomic E-state index is 12.3. The molecule has 0 aromatic rings. The molecule has 4 saturated carbocycles. The summed E-state index contributed by atoms with van der Waals surface area (Å²) >= 11 is 0. The molecular formula is C22H30O3. The summed E-state index contributed by atoms with van der Waals surface area (Å²) < 4.78 is 5.79. The number of rotatable bonds is 1. The van der Waals surface area contributed by atoms with E-state index in [0.717, 1.165) is 6.42 Å². The average molecular weight is 342 g/mol. The molecule has 6 rings (SSSR count). The van der Waals surface area contributed by atoms with Gasteiger partial charge in [0.05, 0.1) is 11.7 Å². The Balaban J connectivity index is 1.67. The Morgan fingerprint density at radius 3 is 2.88 bits per heavy atom. The van der Waals surface area contributed by atoms with E-state index >= 15 is 0 Å². The smallest absolute Gasteiger partial charge is 0.111 e. The molecule has 0 amide bonds. The van der Waals surface area contributed by atoms with Gasteiger partial charge in [-0.2, -0.15) is 0 Å². The second-order valence-corrected chi connectivity index (χ2v) is 10.1. The highest BCUT2D eigenvalue weighted by Gasteiger charge is 2.88. The van der Waals surface area contributed by atoms with E-state index < -0.39 is 5.60 Å². The van der Waals surface area contributed by atoms with Crippen molar-refractivity contribution in [2.75, 3.05) is 7.11 Å². The molecule has 9 unspecified atom stereocenters. The van der Waals surface area contributed by atoms with Crippen LogP contribution in [0.15, 0.2) is 24.0 Å². The fourth-order valence-corrected chi connectivity index (χ4v) is 9.96. The van der Waals surface area contributed by atoms with Gasteiger partial charge in [0.15, 0.2) is 0 Å². The molecule has 6 aliphatic rings. The van der Waals surface area contributed by atoms with Crippen molar-refractivity contribution in [3.63, 3.8) is 0 Å². The number of allylic oxidation sites excluding steroid dienone is 2. The van der Waals surface area contributed by atoms with E-state index in [4.69, 9.17) is 4.74 Å². The third kappa shape index (κ3) is 1.18. The van der Waals surface area contributed by atoms with E-state index in [-0.39, 0.29) is 22.9 Å². The van der Waals surface area contributed by atoms with Crippen molar-refractivity contribution in [1.29, 1.82) is 0 Å². The van der Waals surface area contributed by atoms with Gasteiger partial charge in [-0.1, -0.05) is 25.5 Å². The van der Waals surface area contributed by atoms with E-state index in [1.807, 2.05) is 6.08 Å². The highest BCUT2D eigenvalue weighted by atomic mass is 16.5. The number of fused-ring (bicyclic) bond motifs is 2. The van der Waals surface area contributed by atoms with Crippen LogP contribution in [-0.4, -0.2) is 29.0 Å². The van der Waals surface area contributed by atoms with Gasteiger partial charge in [-0.15, -0.1) is 0 Å². The van der Waals surface area contributed by atoms with Crippen molar-refractivity contribution in [2.45, 2.75) is 63.6 Å². The molecule has 0 aromatic heterocycles. The zero-order chi connectivity index (χ0) is 17.2. The minimum Gasteiger partial charge on any atom is -0.512 e. The minimum atomic E-state index is -0.941. The van der Waals surface area contributed by atoms with Crippen molar-refractivity contribution in [2.24, 2.45) is 39.9 Å². The number of ether oxygens (including phenoxy) is 1. The van der Waals surface area contributed by atoms with Gasteiger partial charge in [-0.05, 0) is 73.2 Å². The Labute approximate surface area is 150 Å². The summed E-state index contributed by atoms with van der Waals surface area (Å²) in [4.78, 5) is 0. The highest BCUT2D eigenvalue weighted by Crippen LogP contribution is 2.88. The van der Waals surface area contributed by atoms with Gasteiger partial charge in [0.25, 0.3) is 0 Å². The second kappa shape index (κ2) is 4.20. The third-order valence-corrected chi connectivity index (χ3v) is 10.5. The normalized spacial score (nSPS) is 63.3. The first kappa shape index (κ1) is 15.3. The summed E-state index contributed by atoms with van der Waals surface area (Å²) in [5.41, 5.74) is -0.670. The minimum absolute atomic E-state index is 0.103. The topological polar surface area (TPSA) is 49.7 Å². The molecule has 1 spiro atoms. The monoisotopic (exact) mass is 342 g/mol. The molecular weight excluding hydrogens is 312 g/mol. The first-order chi connectivity index (χ1) is 12.0. The van der Waals surface area contributed by atoms with Crippen molar-refractivity contribution in [3.05, 3.63) is 24.0 Å². The van der Waals surface area contributed by atoms with Crippen LogP contribution in [0, 0.1) is 39.9 Å². The van der Waals surface area contributed by atoms with Crippen LogP contribution in [-0.2, 0) is 4.74 Å². The predicted molar refractivity (Wildman–Crippen MR) is 94.9 cm³/mol. The molecule has 5 bridgehead atoms. The van der Waals surface area contributed by atoms with E-state index in [1.54, 1.807) is 7.11 Å². The van der Waals surface area contributed by atoms with Crippen LogP contribution in [0.2, 0.25) is 0 Å². The Kier molecular flexibility index (Phi) is 2.56. The van der Waals surface area contributed by atoms with Gasteiger partial charge >= 0.3 is 0 Å². The van der Waals surface area contributed by atoms with Crippen molar-refractivity contribution < 1.29 is 14.9 Å². The number of aliphatic hydroxyl groups excluding tert-OH is 1. The van der Waals surface area contributed by atoms with Crippen molar-refractivity contribution >= 4 is 0 Å². The van der Waals surface area contributed by atoms with E-state index in [9.17, 15) is 10.2 Å². The summed E-state index contributed by atoms with van der Waals surface area (Å²) in [6.07, 6.45) is 15.0. The van der Waals surface area contributed by atoms with Crippen LogP contribution in [0.4, 0.5) is 0 Å². The molecule has 0 radical (unpaired) electrons. The Morgan fingerprint density at radius 2 is 2.08 bits per heavy atom. The number of aliphatic hydroxyl groups is 2. The first-order valence-corrected chi connectivity index (χ1v) is 10.3. The number of hydrogen-bond acceptors (Lipinski definition) is 3. The average Bonchev–Trinajstić information content (AvgIpc) is 3.19. The molecule has 0 heterocycles. The summed E-state index contributed by atoms with van der Waals surface area (Å²) in [6, 6.07) is 0. The summed E-state index contributed by atoms with van der Waals surface area (Å²) in [6.45, 7) is 2.51. The lowest BCUT2D eigenvalue weighted by Gasteiger charge is -2.63. The van der Waals surface area contributed by atoms with Gasteiger partial charge in [0.1, 0.15) is 11.7 Å². The predicted octanol–water partition coefficient (Wildman–Crippen LogP) is 3.99.